The van der Waals surface area contributed by atoms with Crippen LogP contribution in [0.15, 0.2) is 16.9 Å². The van der Waals surface area contributed by atoms with Crippen LogP contribution in [0, 0.1) is 0 Å². The summed E-state index contributed by atoms with van der Waals surface area (Å²) in [6, 6.07) is 2.73. The van der Waals surface area contributed by atoms with Gasteiger partial charge < -0.3 is 10.2 Å². The topological polar surface area (TPSA) is 95.2 Å². The number of aromatic amines is 1. The SMILES string of the molecule is O=C(CCl)NC1CCN(C(=O)c2ccc(=O)[nH]n2)CC1. The quantitative estimate of drug-likeness (QED) is 0.751. The summed E-state index contributed by atoms with van der Waals surface area (Å²) in [5, 5.41) is 8.76. The van der Waals surface area contributed by atoms with Gasteiger partial charge in [-0.15, -0.1) is 11.6 Å². The highest BCUT2D eigenvalue weighted by Crippen LogP contribution is 2.12. The maximum atomic E-state index is 12.1. The largest absolute Gasteiger partial charge is 0.352 e. The molecular formula is C12H15ClN4O3. The number of halogens is 1. The molecule has 20 heavy (non-hydrogen) atoms. The highest BCUT2D eigenvalue weighted by Gasteiger charge is 2.25. The van der Waals surface area contributed by atoms with Gasteiger partial charge in [-0.1, -0.05) is 0 Å². The van der Waals surface area contributed by atoms with Crippen LogP contribution in [0.25, 0.3) is 0 Å². The van der Waals surface area contributed by atoms with Gasteiger partial charge in [0.05, 0.1) is 0 Å². The van der Waals surface area contributed by atoms with Crippen molar-refractivity contribution in [3.05, 3.63) is 28.2 Å². The molecule has 2 rings (SSSR count). The van der Waals surface area contributed by atoms with Crippen LogP contribution in [-0.2, 0) is 4.79 Å². The maximum Gasteiger partial charge on any atom is 0.274 e. The van der Waals surface area contributed by atoms with E-state index in [9.17, 15) is 14.4 Å². The number of alkyl halides is 1. The molecular weight excluding hydrogens is 284 g/mol. The predicted octanol–water partition coefficient (Wildman–Crippen LogP) is -0.270. The van der Waals surface area contributed by atoms with Gasteiger partial charge in [0.15, 0.2) is 0 Å². The van der Waals surface area contributed by atoms with Gasteiger partial charge in [-0.25, -0.2) is 5.10 Å². The number of rotatable bonds is 3. The van der Waals surface area contributed by atoms with Crippen LogP contribution in [0.4, 0.5) is 0 Å². The molecule has 0 bridgehead atoms. The zero-order chi connectivity index (χ0) is 14.5. The molecule has 0 aromatic carbocycles. The summed E-state index contributed by atoms with van der Waals surface area (Å²) in [6.07, 6.45) is 1.36. The third kappa shape index (κ3) is 3.57. The molecule has 1 saturated heterocycles. The second kappa shape index (κ2) is 6.51. The summed E-state index contributed by atoms with van der Waals surface area (Å²) in [7, 11) is 0. The molecule has 0 unspecified atom stereocenters. The minimum absolute atomic E-state index is 0.0499. The van der Waals surface area contributed by atoms with Crippen LogP contribution in [0.1, 0.15) is 23.3 Å². The van der Waals surface area contributed by atoms with Gasteiger partial charge in [-0.3, -0.25) is 14.4 Å². The summed E-state index contributed by atoms with van der Waals surface area (Å²) < 4.78 is 0. The van der Waals surface area contributed by atoms with E-state index in [2.05, 4.69) is 15.5 Å². The van der Waals surface area contributed by atoms with Crippen molar-refractivity contribution < 1.29 is 9.59 Å². The Hall–Kier alpha value is -1.89. The van der Waals surface area contributed by atoms with Gasteiger partial charge in [0.2, 0.25) is 5.91 Å². The van der Waals surface area contributed by atoms with E-state index in [0.29, 0.717) is 25.9 Å². The molecule has 1 aliphatic heterocycles. The first-order valence-corrected chi connectivity index (χ1v) is 6.84. The van der Waals surface area contributed by atoms with E-state index in [1.165, 1.54) is 12.1 Å². The molecule has 8 heteroatoms. The number of hydrogen-bond acceptors (Lipinski definition) is 4. The Morgan fingerprint density at radius 3 is 2.65 bits per heavy atom. The van der Waals surface area contributed by atoms with E-state index in [0.717, 1.165) is 0 Å². The minimum Gasteiger partial charge on any atom is -0.352 e. The van der Waals surface area contributed by atoms with Gasteiger partial charge in [-0.05, 0) is 18.9 Å². The average molecular weight is 299 g/mol. The van der Waals surface area contributed by atoms with Gasteiger partial charge in [0, 0.05) is 25.2 Å². The van der Waals surface area contributed by atoms with Crippen molar-refractivity contribution in [3.8, 4) is 0 Å². The van der Waals surface area contributed by atoms with Crippen molar-refractivity contribution >= 4 is 23.4 Å². The van der Waals surface area contributed by atoms with E-state index < -0.39 is 0 Å². The maximum absolute atomic E-state index is 12.1. The number of nitrogens with zero attached hydrogens (tertiary/aromatic N) is 2. The predicted molar refractivity (Wildman–Crippen MR) is 72.6 cm³/mol. The number of piperidine rings is 1. The average Bonchev–Trinajstić information content (AvgIpc) is 2.48. The number of carbonyl (C=O) groups is 2. The van der Waals surface area contributed by atoms with Gasteiger partial charge in [-0.2, -0.15) is 5.10 Å². The Balaban J connectivity index is 1.90. The number of amides is 2. The van der Waals surface area contributed by atoms with Crippen molar-refractivity contribution in [2.45, 2.75) is 18.9 Å². The molecule has 2 heterocycles. The zero-order valence-corrected chi connectivity index (χ0v) is 11.5. The second-order valence-electron chi connectivity index (χ2n) is 4.57. The molecule has 0 spiro atoms. The number of likely N-dealkylation sites (tertiary alicyclic amines) is 1. The lowest BCUT2D eigenvalue weighted by molar-refractivity contribution is -0.119. The third-order valence-corrected chi connectivity index (χ3v) is 3.41. The molecule has 0 atom stereocenters. The fourth-order valence-electron chi connectivity index (χ4n) is 2.12. The Kier molecular flexibility index (Phi) is 4.73. The molecule has 1 aromatic heterocycles. The molecule has 108 valence electrons. The standard InChI is InChI=1S/C12H15ClN4O3/c13-7-11(19)14-8-3-5-17(6-4-8)12(20)9-1-2-10(18)16-15-9/h1-2,8H,3-7H2,(H,14,19)(H,16,18). The smallest absolute Gasteiger partial charge is 0.274 e. The Bertz CT molecular complexity index is 531. The Labute approximate surface area is 120 Å². The summed E-state index contributed by atoms with van der Waals surface area (Å²) in [6.45, 7) is 1.07. The van der Waals surface area contributed by atoms with Crippen LogP contribution >= 0.6 is 11.6 Å². The fourth-order valence-corrected chi connectivity index (χ4v) is 2.20. The van der Waals surface area contributed by atoms with Crippen LogP contribution in [0.2, 0.25) is 0 Å². The number of carbonyl (C=O) groups excluding carboxylic acids is 2. The van der Waals surface area contributed by atoms with Crippen molar-refractivity contribution in [1.82, 2.24) is 20.4 Å². The van der Waals surface area contributed by atoms with E-state index >= 15 is 0 Å². The normalized spacial score (nSPS) is 15.9. The van der Waals surface area contributed by atoms with Gasteiger partial charge >= 0.3 is 0 Å². The Morgan fingerprint density at radius 2 is 2.10 bits per heavy atom. The van der Waals surface area contributed by atoms with Crippen molar-refractivity contribution in [2.75, 3.05) is 19.0 Å². The first-order chi connectivity index (χ1) is 9.60. The van der Waals surface area contributed by atoms with E-state index in [-0.39, 0.29) is 35.0 Å². The van der Waals surface area contributed by atoms with Crippen molar-refractivity contribution in [1.29, 1.82) is 0 Å². The molecule has 1 aliphatic rings. The molecule has 2 amide bonds. The van der Waals surface area contributed by atoms with Crippen molar-refractivity contribution in [2.24, 2.45) is 0 Å². The summed E-state index contributed by atoms with van der Waals surface area (Å²) >= 11 is 5.43. The fraction of sp³-hybridized carbons (Fsp3) is 0.500. The van der Waals surface area contributed by atoms with E-state index in [1.54, 1.807) is 4.90 Å². The Morgan fingerprint density at radius 1 is 1.40 bits per heavy atom. The molecule has 0 radical (unpaired) electrons. The van der Waals surface area contributed by atoms with E-state index in [1.807, 2.05) is 0 Å². The monoisotopic (exact) mass is 298 g/mol. The molecule has 0 saturated carbocycles. The van der Waals surface area contributed by atoms with Crippen molar-refractivity contribution in [3.63, 3.8) is 0 Å². The zero-order valence-electron chi connectivity index (χ0n) is 10.8. The molecule has 7 nitrogen and oxygen atoms in total. The number of aromatic nitrogens is 2. The van der Waals surface area contributed by atoms with E-state index in [4.69, 9.17) is 11.6 Å². The number of H-pyrrole nitrogens is 1. The second-order valence-corrected chi connectivity index (χ2v) is 4.84. The van der Waals surface area contributed by atoms with Crippen LogP contribution < -0.4 is 10.9 Å². The lowest BCUT2D eigenvalue weighted by atomic mass is 10.0. The molecule has 2 N–H and O–H groups in total. The number of hydrogen-bond donors (Lipinski definition) is 2. The highest BCUT2D eigenvalue weighted by molar-refractivity contribution is 6.27. The third-order valence-electron chi connectivity index (χ3n) is 3.17. The highest BCUT2D eigenvalue weighted by atomic mass is 35.5. The lowest BCUT2D eigenvalue weighted by Gasteiger charge is -2.32. The molecule has 1 aromatic rings. The summed E-state index contributed by atoms with van der Waals surface area (Å²) in [5.74, 6) is -0.470. The first-order valence-electron chi connectivity index (χ1n) is 6.30. The lowest BCUT2D eigenvalue weighted by Crippen LogP contribution is -2.47. The summed E-state index contributed by atoms with van der Waals surface area (Å²) in [4.78, 5) is 35.9. The van der Waals surface area contributed by atoms with Crippen LogP contribution in [0.3, 0.4) is 0 Å². The van der Waals surface area contributed by atoms with Gasteiger partial charge in [0.25, 0.3) is 11.5 Å². The van der Waals surface area contributed by atoms with Crippen LogP contribution in [0.5, 0.6) is 0 Å². The number of nitrogens with one attached hydrogen (secondary N) is 2. The first kappa shape index (κ1) is 14.5. The molecule has 0 aliphatic carbocycles. The molecule has 1 fully saturated rings. The van der Waals surface area contributed by atoms with Crippen LogP contribution in [-0.4, -0.2) is 51.9 Å². The minimum atomic E-state index is -0.343. The summed E-state index contributed by atoms with van der Waals surface area (Å²) in [5.41, 5.74) is -0.128. The van der Waals surface area contributed by atoms with Gasteiger partial charge in [0.1, 0.15) is 11.6 Å².